The minimum atomic E-state index is -0.890. The molecular weight excluding hydrogens is 312 g/mol. The molecule has 0 N–H and O–H groups in total. The Morgan fingerprint density at radius 1 is 1.48 bits per heavy atom. The Kier molecular flexibility index (Phi) is 5.53. The predicted molar refractivity (Wildman–Crippen MR) is 82.2 cm³/mol. The Labute approximate surface area is 133 Å². The summed E-state index contributed by atoms with van der Waals surface area (Å²) in [5.74, 6) is 0.243. The molecule has 0 aromatic heterocycles. The number of carbonyl (C=O) groups is 2. The van der Waals surface area contributed by atoms with Gasteiger partial charge in [0.05, 0.1) is 11.5 Å². The average molecular weight is 329 g/mol. The first-order valence-corrected chi connectivity index (χ1v) is 8.14. The number of aryl methyl sites for hydroxylation is 1. The third-order valence-corrected chi connectivity index (χ3v) is 4.54. The van der Waals surface area contributed by atoms with Crippen molar-refractivity contribution in [2.45, 2.75) is 36.5 Å². The van der Waals surface area contributed by atoms with Crippen molar-refractivity contribution >= 4 is 35.1 Å². The molecule has 1 aliphatic rings. The molecule has 0 bridgehead atoms. The number of rotatable bonds is 4. The van der Waals surface area contributed by atoms with E-state index in [1.807, 2.05) is 25.1 Å². The summed E-state index contributed by atoms with van der Waals surface area (Å²) in [6.07, 6.45) is -0.104. The highest BCUT2D eigenvalue weighted by molar-refractivity contribution is 8.01. The van der Waals surface area contributed by atoms with Gasteiger partial charge in [0.1, 0.15) is 5.75 Å². The Hall–Kier alpha value is -1.20. The zero-order valence-electron chi connectivity index (χ0n) is 11.9. The summed E-state index contributed by atoms with van der Waals surface area (Å²) in [6, 6.07) is 5.64. The van der Waals surface area contributed by atoms with Crippen LogP contribution in [0.3, 0.4) is 0 Å². The standard InChI is InChI=1S/C15H17ClO4S/c1-9-4-5-11-12(8-9)21-14(13(17)10(2)20-11)15(18)19-7-3-6-16/h4-5,8,10,14H,3,6-7H2,1-2H3. The molecule has 0 spiro atoms. The van der Waals surface area contributed by atoms with Gasteiger partial charge in [-0.3, -0.25) is 9.59 Å². The van der Waals surface area contributed by atoms with Gasteiger partial charge in [-0.2, -0.15) is 0 Å². The van der Waals surface area contributed by atoms with Gasteiger partial charge in [0.2, 0.25) is 0 Å². The molecule has 114 valence electrons. The van der Waals surface area contributed by atoms with Gasteiger partial charge in [0.25, 0.3) is 0 Å². The van der Waals surface area contributed by atoms with Gasteiger partial charge in [-0.05, 0) is 38.0 Å². The van der Waals surface area contributed by atoms with Gasteiger partial charge < -0.3 is 9.47 Å². The van der Waals surface area contributed by atoms with Crippen LogP contribution in [0.5, 0.6) is 5.75 Å². The molecule has 1 aromatic rings. The number of thioether (sulfide) groups is 1. The number of hydrogen-bond donors (Lipinski definition) is 0. The first kappa shape index (κ1) is 16.2. The van der Waals surface area contributed by atoms with Crippen molar-refractivity contribution in [3.63, 3.8) is 0 Å². The summed E-state index contributed by atoms with van der Waals surface area (Å²) in [7, 11) is 0. The third kappa shape index (κ3) is 3.92. The van der Waals surface area contributed by atoms with Crippen LogP contribution in [0.1, 0.15) is 18.9 Å². The van der Waals surface area contributed by atoms with Gasteiger partial charge in [0, 0.05) is 5.88 Å². The van der Waals surface area contributed by atoms with Crippen molar-refractivity contribution in [3.8, 4) is 5.75 Å². The summed E-state index contributed by atoms with van der Waals surface area (Å²) in [6.45, 7) is 3.82. The maximum absolute atomic E-state index is 12.3. The van der Waals surface area contributed by atoms with Gasteiger partial charge in [0.15, 0.2) is 17.1 Å². The first-order valence-electron chi connectivity index (χ1n) is 6.73. The SMILES string of the molecule is Cc1ccc2c(c1)SC(C(=O)OCCCCl)C(=O)C(C)O2. The number of esters is 1. The van der Waals surface area contributed by atoms with Crippen LogP contribution in [0.25, 0.3) is 0 Å². The highest BCUT2D eigenvalue weighted by Gasteiger charge is 2.37. The second-order valence-corrected chi connectivity index (χ2v) is 6.35. The summed E-state index contributed by atoms with van der Waals surface area (Å²) >= 11 is 6.74. The normalized spacial score (nSPS) is 21.2. The molecule has 4 nitrogen and oxygen atoms in total. The van der Waals surface area contributed by atoms with Crippen molar-refractivity contribution in [1.82, 2.24) is 0 Å². The van der Waals surface area contributed by atoms with Crippen LogP contribution in [0, 0.1) is 6.92 Å². The quantitative estimate of drug-likeness (QED) is 0.368. The van der Waals surface area contributed by atoms with Crippen LogP contribution in [-0.4, -0.2) is 35.6 Å². The summed E-state index contributed by atoms with van der Waals surface area (Å²) in [5, 5.41) is -0.890. The molecule has 6 heteroatoms. The van der Waals surface area contributed by atoms with E-state index in [-0.39, 0.29) is 12.4 Å². The molecule has 1 aliphatic heterocycles. The fourth-order valence-corrected chi connectivity index (χ4v) is 3.24. The number of carbonyl (C=O) groups excluding carboxylic acids is 2. The van der Waals surface area contributed by atoms with Crippen LogP contribution in [0.2, 0.25) is 0 Å². The molecule has 0 radical (unpaired) electrons. The first-order chi connectivity index (χ1) is 10.0. The molecule has 1 heterocycles. The van der Waals surface area contributed by atoms with Crippen molar-refractivity contribution < 1.29 is 19.1 Å². The highest BCUT2D eigenvalue weighted by Crippen LogP contribution is 2.38. The molecule has 21 heavy (non-hydrogen) atoms. The summed E-state index contributed by atoms with van der Waals surface area (Å²) in [5.41, 5.74) is 1.04. The van der Waals surface area contributed by atoms with E-state index in [0.717, 1.165) is 10.5 Å². The number of Topliss-reactive ketones (excluding diaryl/α,β-unsaturated/α-hetero) is 1. The largest absolute Gasteiger partial charge is 0.482 e. The third-order valence-electron chi connectivity index (χ3n) is 3.04. The van der Waals surface area contributed by atoms with Crippen molar-refractivity contribution in [2.75, 3.05) is 12.5 Å². The van der Waals surface area contributed by atoms with Crippen molar-refractivity contribution in [3.05, 3.63) is 23.8 Å². The van der Waals surface area contributed by atoms with Gasteiger partial charge in [-0.1, -0.05) is 17.8 Å². The maximum Gasteiger partial charge on any atom is 0.327 e. The fraction of sp³-hybridized carbons (Fsp3) is 0.467. The molecule has 2 atom stereocenters. The van der Waals surface area contributed by atoms with Crippen LogP contribution in [0.15, 0.2) is 23.1 Å². The second-order valence-electron chi connectivity index (χ2n) is 4.82. The van der Waals surface area contributed by atoms with Crippen LogP contribution < -0.4 is 4.74 Å². The molecule has 1 aromatic carbocycles. The number of alkyl halides is 1. The molecule has 0 fully saturated rings. The lowest BCUT2D eigenvalue weighted by Crippen LogP contribution is -2.36. The average Bonchev–Trinajstić information content (AvgIpc) is 2.57. The molecule has 0 amide bonds. The zero-order valence-corrected chi connectivity index (χ0v) is 13.5. The number of benzene rings is 1. The Balaban J connectivity index is 2.20. The van der Waals surface area contributed by atoms with Gasteiger partial charge in [-0.25, -0.2) is 0 Å². The Bertz CT molecular complexity index is 546. The minimum absolute atomic E-state index is 0.225. The van der Waals surface area contributed by atoms with E-state index in [4.69, 9.17) is 21.1 Å². The zero-order chi connectivity index (χ0) is 15.4. The minimum Gasteiger partial charge on any atom is -0.482 e. The maximum atomic E-state index is 12.3. The van der Waals surface area contributed by atoms with E-state index >= 15 is 0 Å². The molecule has 2 unspecified atom stereocenters. The van der Waals surface area contributed by atoms with Crippen molar-refractivity contribution in [2.24, 2.45) is 0 Å². The van der Waals surface area contributed by atoms with Crippen molar-refractivity contribution in [1.29, 1.82) is 0 Å². The number of hydrogen-bond acceptors (Lipinski definition) is 5. The second kappa shape index (κ2) is 7.18. The van der Waals surface area contributed by atoms with Gasteiger partial charge >= 0.3 is 5.97 Å². The summed E-state index contributed by atoms with van der Waals surface area (Å²) in [4.78, 5) is 25.2. The lowest BCUT2D eigenvalue weighted by atomic mass is 10.2. The lowest BCUT2D eigenvalue weighted by molar-refractivity contribution is -0.146. The monoisotopic (exact) mass is 328 g/mol. The van der Waals surface area contributed by atoms with E-state index in [9.17, 15) is 9.59 Å². The molecule has 0 aliphatic carbocycles. The number of ketones is 1. The molecule has 2 rings (SSSR count). The van der Waals surface area contributed by atoms with E-state index in [1.165, 1.54) is 11.8 Å². The fourth-order valence-electron chi connectivity index (χ4n) is 1.92. The van der Waals surface area contributed by atoms with Crippen LogP contribution >= 0.6 is 23.4 Å². The van der Waals surface area contributed by atoms with E-state index in [0.29, 0.717) is 18.1 Å². The Morgan fingerprint density at radius 3 is 2.95 bits per heavy atom. The van der Waals surface area contributed by atoms with E-state index < -0.39 is 17.3 Å². The van der Waals surface area contributed by atoms with Crippen LogP contribution in [0.4, 0.5) is 0 Å². The van der Waals surface area contributed by atoms with Crippen LogP contribution in [-0.2, 0) is 14.3 Å². The number of fused-ring (bicyclic) bond motifs is 1. The van der Waals surface area contributed by atoms with Gasteiger partial charge in [-0.15, -0.1) is 11.6 Å². The highest BCUT2D eigenvalue weighted by atomic mass is 35.5. The molecule has 0 saturated heterocycles. The molecular formula is C15H17ClO4S. The lowest BCUT2D eigenvalue weighted by Gasteiger charge is -2.14. The number of halogens is 1. The smallest absolute Gasteiger partial charge is 0.327 e. The van der Waals surface area contributed by atoms with E-state index in [1.54, 1.807) is 6.92 Å². The molecule has 0 saturated carbocycles. The predicted octanol–water partition coefficient (Wildman–Crippen LogP) is 2.98. The topological polar surface area (TPSA) is 52.6 Å². The summed E-state index contributed by atoms with van der Waals surface area (Å²) < 4.78 is 10.8. The Morgan fingerprint density at radius 2 is 2.24 bits per heavy atom. The van der Waals surface area contributed by atoms with E-state index in [2.05, 4.69) is 0 Å². The number of ether oxygens (including phenoxy) is 2.